The maximum Gasteiger partial charge on any atom is 0.326 e. The highest BCUT2D eigenvalue weighted by Crippen LogP contribution is 2.05. The minimum absolute atomic E-state index is 0.0868. The average molecular weight is 460 g/mol. The van der Waals surface area contributed by atoms with Crippen LogP contribution in [0, 0.1) is 0 Å². The second kappa shape index (κ2) is 14.5. The molecule has 9 N–H and O–H groups in total. The molecule has 1 heterocycles. The molecular formula is C18H33N7O5S. The molecule has 3 atom stereocenters. The Morgan fingerprint density at radius 3 is 2.52 bits per heavy atom. The van der Waals surface area contributed by atoms with E-state index in [9.17, 15) is 24.3 Å². The summed E-state index contributed by atoms with van der Waals surface area (Å²) in [6, 6.07) is -2.37. The van der Waals surface area contributed by atoms with Crippen LogP contribution in [0.5, 0.6) is 0 Å². The number of nitrogens with two attached hydrogens (primary N) is 2. The highest BCUT2D eigenvalue weighted by molar-refractivity contribution is 7.98. The molecule has 0 bridgehead atoms. The molecule has 1 aliphatic heterocycles. The van der Waals surface area contributed by atoms with Gasteiger partial charge in [-0.15, -0.1) is 0 Å². The van der Waals surface area contributed by atoms with E-state index in [2.05, 4.69) is 26.3 Å². The van der Waals surface area contributed by atoms with Gasteiger partial charge in [-0.25, -0.2) is 4.79 Å². The van der Waals surface area contributed by atoms with Crippen molar-refractivity contribution in [2.75, 3.05) is 31.6 Å². The first-order valence-corrected chi connectivity index (χ1v) is 11.5. The molecule has 1 rings (SSSR count). The van der Waals surface area contributed by atoms with Crippen molar-refractivity contribution in [2.45, 2.75) is 50.2 Å². The van der Waals surface area contributed by atoms with E-state index in [0.29, 0.717) is 18.6 Å². The number of guanidine groups is 1. The number of carbonyl (C=O) groups is 4. The van der Waals surface area contributed by atoms with Gasteiger partial charge in [-0.05, 0) is 50.7 Å². The molecule has 0 saturated carbocycles. The third-order valence-electron chi connectivity index (χ3n) is 4.62. The smallest absolute Gasteiger partial charge is 0.326 e. The Balaban J connectivity index is 2.66. The van der Waals surface area contributed by atoms with Crippen molar-refractivity contribution in [1.29, 1.82) is 0 Å². The molecule has 12 nitrogen and oxygen atoms in total. The molecular weight excluding hydrogens is 426 g/mol. The molecule has 13 heteroatoms. The molecule has 0 radical (unpaired) electrons. The molecule has 3 unspecified atom stereocenters. The van der Waals surface area contributed by atoms with Crippen molar-refractivity contribution < 1.29 is 24.3 Å². The Kier molecular flexibility index (Phi) is 12.4. The van der Waals surface area contributed by atoms with Crippen LogP contribution in [0.25, 0.3) is 0 Å². The van der Waals surface area contributed by atoms with Gasteiger partial charge in [0.2, 0.25) is 17.7 Å². The zero-order valence-electron chi connectivity index (χ0n) is 17.7. The number of carboxylic acids is 1. The van der Waals surface area contributed by atoms with Gasteiger partial charge in [0.15, 0.2) is 5.96 Å². The summed E-state index contributed by atoms with van der Waals surface area (Å²) in [6.45, 7) is 0.716. The van der Waals surface area contributed by atoms with Gasteiger partial charge in [0.25, 0.3) is 0 Å². The van der Waals surface area contributed by atoms with Gasteiger partial charge in [-0.1, -0.05) is 0 Å². The summed E-state index contributed by atoms with van der Waals surface area (Å²) < 4.78 is 0. The first kappa shape index (κ1) is 26.5. The standard InChI is InChI=1S/C18H33N7O5S/c1-31-9-6-13(17(29)30)25-16(28)12(5-3-8-22-18(19)20)24-14(26)10-23-15(27)11-4-2-7-21-11/h11-13,21H,2-10H2,1H3,(H,23,27)(H,24,26)(H,25,28)(H,29,30)(H4,19,20,22). The van der Waals surface area contributed by atoms with Crippen LogP contribution in [-0.2, 0) is 19.2 Å². The molecule has 0 aromatic rings. The minimum Gasteiger partial charge on any atom is -0.480 e. The molecule has 0 aliphatic carbocycles. The van der Waals surface area contributed by atoms with Crippen LogP contribution in [0.4, 0.5) is 0 Å². The van der Waals surface area contributed by atoms with Gasteiger partial charge in [0.1, 0.15) is 12.1 Å². The Labute approximate surface area is 185 Å². The van der Waals surface area contributed by atoms with E-state index >= 15 is 0 Å². The van der Waals surface area contributed by atoms with Crippen LogP contribution in [0.1, 0.15) is 32.1 Å². The maximum absolute atomic E-state index is 12.7. The van der Waals surface area contributed by atoms with Gasteiger partial charge in [-0.3, -0.25) is 19.4 Å². The molecule has 0 spiro atoms. The zero-order valence-corrected chi connectivity index (χ0v) is 18.5. The molecule has 176 valence electrons. The predicted octanol–water partition coefficient (Wildman–Crippen LogP) is -2.28. The number of hydrogen-bond donors (Lipinski definition) is 7. The predicted molar refractivity (Wildman–Crippen MR) is 118 cm³/mol. The van der Waals surface area contributed by atoms with E-state index in [-0.39, 0.29) is 43.8 Å². The lowest BCUT2D eigenvalue weighted by Gasteiger charge is -2.21. The first-order valence-electron chi connectivity index (χ1n) is 10.1. The summed E-state index contributed by atoms with van der Waals surface area (Å²) in [6.07, 6.45) is 4.27. The van der Waals surface area contributed by atoms with E-state index in [1.165, 1.54) is 11.8 Å². The highest BCUT2D eigenvalue weighted by atomic mass is 32.2. The lowest BCUT2D eigenvalue weighted by Crippen LogP contribution is -2.53. The van der Waals surface area contributed by atoms with Gasteiger partial charge in [0.05, 0.1) is 12.6 Å². The fraction of sp³-hybridized carbons (Fsp3) is 0.722. The Morgan fingerprint density at radius 1 is 1.19 bits per heavy atom. The summed E-state index contributed by atoms with van der Waals surface area (Å²) in [5.41, 5.74) is 10.6. The largest absolute Gasteiger partial charge is 0.480 e. The van der Waals surface area contributed by atoms with E-state index < -0.39 is 29.9 Å². The van der Waals surface area contributed by atoms with E-state index in [0.717, 1.165) is 13.0 Å². The van der Waals surface area contributed by atoms with Crippen molar-refractivity contribution >= 4 is 41.4 Å². The van der Waals surface area contributed by atoms with Crippen molar-refractivity contribution in [1.82, 2.24) is 21.3 Å². The molecule has 0 aromatic carbocycles. The SMILES string of the molecule is CSCCC(NC(=O)C(CCCN=C(N)N)NC(=O)CNC(=O)C1CCCN1)C(=O)O. The van der Waals surface area contributed by atoms with Crippen LogP contribution >= 0.6 is 11.8 Å². The van der Waals surface area contributed by atoms with Crippen LogP contribution in [0.2, 0.25) is 0 Å². The van der Waals surface area contributed by atoms with Crippen molar-refractivity contribution in [3.63, 3.8) is 0 Å². The number of amides is 3. The second-order valence-electron chi connectivity index (χ2n) is 7.12. The van der Waals surface area contributed by atoms with E-state index in [1.807, 2.05) is 6.26 Å². The van der Waals surface area contributed by atoms with Gasteiger partial charge in [0, 0.05) is 6.54 Å². The Morgan fingerprint density at radius 2 is 1.94 bits per heavy atom. The monoisotopic (exact) mass is 459 g/mol. The Hall–Kier alpha value is -2.54. The summed E-state index contributed by atoms with van der Waals surface area (Å²) in [5, 5.41) is 19.9. The molecule has 0 aromatic heterocycles. The van der Waals surface area contributed by atoms with Crippen molar-refractivity contribution in [2.24, 2.45) is 16.5 Å². The number of aliphatic carboxylic acids is 1. The summed E-state index contributed by atoms with van der Waals surface area (Å²) in [7, 11) is 0. The van der Waals surface area contributed by atoms with E-state index in [4.69, 9.17) is 11.5 Å². The number of carboxylic acid groups (broad SMARTS) is 1. The van der Waals surface area contributed by atoms with Gasteiger partial charge >= 0.3 is 5.97 Å². The van der Waals surface area contributed by atoms with E-state index in [1.54, 1.807) is 0 Å². The van der Waals surface area contributed by atoms with Crippen LogP contribution < -0.4 is 32.7 Å². The molecule has 31 heavy (non-hydrogen) atoms. The number of nitrogens with zero attached hydrogens (tertiary/aromatic N) is 1. The van der Waals surface area contributed by atoms with Crippen LogP contribution in [0.15, 0.2) is 4.99 Å². The number of aliphatic imine (C=N–C) groups is 1. The van der Waals surface area contributed by atoms with Gasteiger partial charge < -0.3 is 37.8 Å². The summed E-state index contributed by atoms with van der Waals surface area (Å²) in [5.74, 6) is -2.12. The first-order chi connectivity index (χ1) is 14.7. The molecule has 3 amide bonds. The minimum atomic E-state index is -1.15. The third-order valence-corrected chi connectivity index (χ3v) is 5.27. The van der Waals surface area contributed by atoms with Crippen LogP contribution in [0.3, 0.4) is 0 Å². The number of carbonyl (C=O) groups excluding carboxylic acids is 3. The zero-order chi connectivity index (χ0) is 23.2. The number of rotatable bonds is 14. The quantitative estimate of drug-likeness (QED) is 0.0848. The average Bonchev–Trinajstić information content (AvgIpc) is 3.25. The maximum atomic E-state index is 12.7. The second-order valence-corrected chi connectivity index (χ2v) is 8.10. The summed E-state index contributed by atoms with van der Waals surface area (Å²) in [4.78, 5) is 52.2. The normalized spacial score (nSPS) is 17.3. The lowest BCUT2D eigenvalue weighted by molar-refractivity contribution is -0.142. The number of hydrogen-bond acceptors (Lipinski definition) is 7. The van der Waals surface area contributed by atoms with Crippen molar-refractivity contribution in [3.05, 3.63) is 0 Å². The van der Waals surface area contributed by atoms with Gasteiger partial charge in [-0.2, -0.15) is 11.8 Å². The topological polar surface area (TPSA) is 201 Å². The van der Waals surface area contributed by atoms with Crippen LogP contribution in [-0.4, -0.2) is 84.5 Å². The third kappa shape index (κ3) is 10.9. The number of nitrogens with one attached hydrogen (secondary N) is 4. The highest BCUT2D eigenvalue weighted by Gasteiger charge is 2.27. The molecule has 1 aliphatic rings. The van der Waals surface area contributed by atoms with Crippen molar-refractivity contribution in [3.8, 4) is 0 Å². The fourth-order valence-electron chi connectivity index (χ4n) is 2.98. The molecule has 1 fully saturated rings. The fourth-order valence-corrected chi connectivity index (χ4v) is 3.45. The summed E-state index contributed by atoms with van der Waals surface area (Å²) >= 11 is 1.46. The number of thioether (sulfide) groups is 1. The molecule has 1 saturated heterocycles. The lowest BCUT2D eigenvalue weighted by atomic mass is 10.1. The Bertz CT molecular complexity index is 651.